The maximum atomic E-state index is 2.40. The second-order valence-corrected chi connectivity index (χ2v) is 16.8. The number of fused-ring (bicyclic) bond motifs is 7. The van der Waals surface area contributed by atoms with Gasteiger partial charge in [0.2, 0.25) is 0 Å². The molecule has 2 nitrogen and oxygen atoms in total. The van der Waals surface area contributed by atoms with E-state index in [2.05, 4.69) is 240 Å². The summed E-state index contributed by atoms with van der Waals surface area (Å²) >= 11 is 1.86. The van der Waals surface area contributed by atoms with E-state index in [1.807, 2.05) is 11.3 Å². The fourth-order valence-corrected chi connectivity index (χ4v) is 10.6. The van der Waals surface area contributed by atoms with Crippen LogP contribution in [0.15, 0.2) is 231 Å². The van der Waals surface area contributed by atoms with E-state index in [1.54, 1.807) is 0 Å². The molecule has 10 aromatic carbocycles. The molecule has 0 amide bonds. The van der Waals surface area contributed by atoms with Gasteiger partial charge in [-0.3, -0.25) is 0 Å². The molecule has 0 aliphatic rings. The normalized spacial score (nSPS) is 11.6. The molecule has 286 valence electrons. The topological polar surface area (TPSA) is 8.17 Å². The van der Waals surface area contributed by atoms with Gasteiger partial charge in [0.1, 0.15) is 0 Å². The Bertz CT molecular complexity index is 3520. The van der Waals surface area contributed by atoms with Crippen molar-refractivity contribution in [3.63, 3.8) is 0 Å². The van der Waals surface area contributed by atoms with Crippen LogP contribution in [-0.4, -0.2) is 4.57 Å². The Labute approximate surface area is 358 Å². The van der Waals surface area contributed by atoms with Crippen LogP contribution in [0, 0.1) is 0 Å². The number of anilines is 3. The summed E-state index contributed by atoms with van der Waals surface area (Å²) in [4.78, 5) is 2.39. The fraction of sp³-hybridized carbons (Fsp3) is 0. The van der Waals surface area contributed by atoms with Crippen molar-refractivity contribution in [2.75, 3.05) is 4.90 Å². The maximum Gasteiger partial charge on any atom is 0.0541 e. The van der Waals surface area contributed by atoms with Gasteiger partial charge in [-0.15, -0.1) is 11.3 Å². The van der Waals surface area contributed by atoms with E-state index in [4.69, 9.17) is 0 Å². The van der Waals surface area contributed by atoms with Gasteiger partial charge in [0.05, 0.1) is 11.0 Å². The van der Waals surface area contributed by atoms with Gasteiger partial charge in [-0.25, -0.2) is 0 Å². The molecule has 0 saturated carbocycles. The lowest BCUT2D eigenvalue weighted by Crippen LogP contribution is -2.10. The van der Waals surface area contributed by atoms with Crippen LogP contribution in [0.25, 0.3) is 91.8 Å². The molecule has 0 radical (unpaired) electrons. The average molecular weight is 795 g/mol. The molecule has 2 aromatic heterocycles. The summed E-state index contributed by atoms with van der Waals surface area (Å²) in [6, 6.07) is 84.1. The van der Waals surface area contributed by atoms with Crippen LogP contribution in [0.4, 0.5) is 17.1 Å². The highest BCUT2D eigenvalue weighted by Gasteiger charge is 2.18. The van der Waals surface area contributed by atoms with Crippen LogP contribution < -0.4 is 4.90 Å². The minimum absolute atomic E-state index is 1.09. The van der Waals surface area contributed by atoms with Crippen molar-refractivity contribution >= 4 is 81.1 Å². The quantitative estimate of drug-likeness (QED) is 0.156. The smallest absolute Gasteiger partial charge is 0.0541 e. The van der Waals surface area contributed by atoms with Crippen molar-refractivity contribution in [1.29, 1.82) is 0 Å². The molecule has 0 saturated heterocycles. The molecule has 0 fully saturated rings. The summed E-state index contributed by atoms with van der Waals surface area (Å²) in [5.74, 6) is 0. The van der Waals surface area contributed by atoms with E-state index in [9.17, 15) is 0 Å². The lowest BCUT2D eigenvalue weighted by atomic mass is 9.91. The third-order valence-electron chi connectivity index (χ3n) is 12.2. The summed E-state index contributed by atoms with van der Waals surface area (Å²) in [6.45, 7) is 0. The molecule has 0 atom stereocenters. The van der Waals surface area contributed by atoms with Crippen LogP contribution in [0.1, 0.15) is 0 Å². The molecule has 0 bridgehead atoms. The van der Waals surface area contributed by atoms with Crippen LogP contribution in [0.2, 0.25) is 0 Å². The SMILES string of the molecule is c1ccc(-c2cccc3cccc(-c4ccc(N(c5ccc(-c6cccc7sc8ccccc8c67)cc5)c5cccc(-n6c7ccccc7c7ccccc76)c5)cc4)c23)cc1. The molecule has 0 spiro atoms. The first kappa shape index (κ1) is 35.2. The van der Waals surface area contributed by atoms with Crippen molar-refractivity contribution in [2.24, 2.45) is 0 Å². The number of rotatable bonds is 7. The molecule has 0 unspecified atom stereocenters. The zero-order chi connectivity index (χ0) is 40.3. The number of thiophene rings is 1. The summed E-state index contributed by atoms with van der Waals surface area (Å²) < 4.78 is 5.03. The van der Waals surface area contributed by atoms with Crippen LogP contribution in [0.5, 0.6) is 0 Å². The Kier molecular flexibility index (Phi) is 8.39. The van der Waals surface area contributed by atoms with Crippen molar-refractivity contribution < 1.29 is 0 Å². The fourth-order valence-electron chi connectivity index (χ4n) is 9.45. The number of nitrogens with zero attached hydrogens (tertiary/aromatic N) is 2. The van der Waals surface area contributed by atoms with Crippen LogP contribution in [0.3, 0.4) is 0 Å². The zero-order valence-corrected chi connectivity index (χ0v) is 34.1. The predicted molar refractivity (Wildman–Crippen MR) is 262 cm³/mol. The predicted octanol–water partition coefficient (Wildman–Crippen LogP) is 16.8. The molecule has 2 heterocycles. The third-order valence-corrected chi connectivity index (χ3v) is 13.3. The van der Waals surface area contributed by atoms with Gasteiger partial charge >= 0.3 is 0 Å². The Morgan fingerprint density at radius 3 is 1.46 bits per heavy atom. The number of aromatic nitrogens is 1. The van der Waals surface area contributed by atoms with Gasteiger partial charge in [-0.1, -0.05) is 164 Å². The number of para-hydroxylation sites is 2. The molecule has 0 aliphatic heterocycles. The average Bonchev–Trinajstić information content (AvgIpc) is 3.88. The van der Waals surface area contributed by atoms with Crippen LogP contribution in [-0.2, 0) is 0 Å². The standard InChI is InChI=1S/C58H38N2S/c1-2-14-39(15-3-1)47-23-10-16-42-17-11-24-48(57(42)47)40-30-34-43(35-31-40)59(44-36-32-41(33-37-44)49-25-13-29-56-58(49)52-22-6-9-28-55(52)61-56)45-18-12-19-46(38-45)60-53-26-7-4-20-50(53)51-21-5-8-27-54(51)60/h1-38H. The molecular formula is C58H38N2S. The summed E-state index contributed by atoms with van der Waals surface area (Å²) in [6.07, 6.45) is 0. The lowest BCUT2D eigenvalue weighted by Gasteiger charge is -2.27. The molecule has 12 rings (SSSR count). The maximum absolute atomic E-state index is 2.40. The van der Waals surface area contributed by atoms with E-state index in [-0.39, 0.29) is 0 Å². The summed E-state index contributed by atoms with van der Waals surface area (Å²) in [5.41, 5.74) is 14.1. The van der Waals surface area contributed by atoms with E-state index < -0.39 is 0 Å². The highest BCUT2D eigenvalue weighted by molar-refractivity contribution is 7.25. The minimum Gasteiger partial charge on any atom is -0.310 e. The molecule has 61 heavy (non-hydrogen) atoms. The first-order valence-electron chi connectivity index (χ1n) is 20.8. The molecule has 3 heteroatoms. The summed E-state index contributed by atoms with van der Waals surface area (Å²) in [7, 11) is 0. The largest absolute Gasteiger partial charge is 0.310 e. The van der Waals surface area contributed by atoms with Crippen LogP contribution >= 0.6 is 11.3 Å². The van der Waals surface area contributed by atoms with Crippen molar-refractivity contribution in [1.82, 2.24) is 4.57 Å². The molecule has 0 N–H and O–H groups in total. The Morgan fingerprint density at radius 2 is 0.820 bits per heavy atom. The second kappa shape index (κ2) is 14.5. The van der Waals surface area contributed by atoms with Gasteiger partial charge in [0.25, 0.3) is 0 Å². The molecule has 12 aromatic rings. The van der Waals surface area contributed by atoms with Crippen molar-refractivity contribution in [2.45, 2.75) is 0 Å². The van der Waals surface area contributed by atoms with Gasteiger partial charge in [-0.2, -0.15) is 0 Å². The van der Waals surface area contributed by atoms with Crippen molar-refractivity contribution in [3.8, 4) is 39.1 Å². The highest BCUT2D eigenvalue weighted by Crippen LogP contribution is 2.43. The zero-order valence-electron chi connectivity index (χ0n) is 33.2. The van der Waals surface area contributed by atoms with Gasteiger partial charge in [0, 0.05) is 53.7 Å². The first-order chi connectivity index (χ1) is 30.3. The monoisotopic (exact) mass is 794 g/mol. The Hall–Kier alpha value is -7.72. The summed E-state index contributed by atoms with van der Waals surface area (Å²) in [5, 5.41) is 7.65. The Morgan fingerprint density at radius 1 is 0.328 bits per heavy atom. The van der Waals surface area contributed by atoms with Gasteiger partial charge in [0.15, 0.2) is 0 Å². The molecule has 0 aliphatic carbocycles. The van der Waals surface area contributed by atoms with E-state index in [0.717, 1.165) is 22.7 Å². The van der Waals surface area contributed by atoms with E-state index >= 15 is 0 Å². The number of hydrogen-bond acceptors (Lipinski definition) is 2. The number of benzene rings is 10. The van der Waals surface area contributed by atoms with Crippen molar-refractivity contribution in [3.05, 3.63) is 231 Å². The molecular weight excluding hydrogens is 757 g/mol. The van der Waals surface area contributed by atoms with Gasteiger partial charge in [-0.05, 0) is 111 Å². The highest BCUT2D eigenvalue weighted by atomic mass is 32.1. The van der Waals surface area contributed by atoms with E-state index in [1.165, 1.54) is 86.1 Å². The second-order valence-electron chi connectivity index (χ2n) is 15.7. The lowest BCUT2D eigenvalue weighted by molar-refractivity contribution is 1.17. The minimum atomic E-state index is 1.09. The van der Waals surface area contributed by atoms with Gasteiger partial charge < -0.3 is 9.47 Å². The Balaban J connectivity index is 1.01. The first-order valence-corrected chi connectivity index (χ1v) is 21.7. The number of hydrogen-bond donors (Lipinski definition) is 0. The third kappa shape index (κ3) is 5.93. The van der Waals surface area contributed by atoms with E-state index in [0.29, 0.717) is 0 Å².